The van der Waals surface area contributed by atoms with E-state index in [-0.39, 0.29) is 17.2 Å². The molecule has 0 aliphatic heterocycles. The minimum atomic E-state index is -4.33. The van der Waals surface area contributed by atoms with Gasteiger partial charge in [0.25, 0.3) is 0 Å². The van der Waals surface area contributed by atoms with Crippen LogP contribution in [-0.4, -0.2) is 28.2 Å². The molecule has 3 rings (SSSR count). The third-order valence-corrected chi connectivity index (χ3v) is 4.49. The number of nitrogens with two attached hydrogens (primary N) is 2. The fraction of sp³-hybridized carbons (Fsp3) is 0.211. The molecule has 152 valence electrons. The predicted molar refractivity (Wildman–Crippen MR) is 107 cm³/mol. The van der Waals surface area contributed by atoms with Crippen LogP contribution >= 0.6 is 0 Å². The van der Waals surface area contributed by atoms with Crippen LogP contribution in [0.1, 0.15) is 24.1 Å². The van der Waals surface area contributed by atoms with Crippen molar-refractivity contribution in [2.45, 2.75) is 19.0 Å². The van der Waals surface area contributed by atoms with E-state index in [1.165, 1.54) is 30.7 Å². The van der Waals surface area contributed by atoms with Gasteiger partial charge >= 0.3 is 6.18 Å². The van der Waals surface area contributed by atoms with Crippen LogP contribution in [0, 0.1) is 0 Å². The Kier molecular flexibility index (Phi) is 5.44. The number of hydrogen-bond donors (Lipinski definition) is 4. The molecule has 0 spiro atoms. The summed E-state index contributed by atoms with van der Waals surface area (Å²) in [6.45, 7) is 1.11. The van der Waals surface area contributed by atoms with Gasteiger partial charge in [-0.25, -0.2) is 15.0 Å². The third-order valence-electron chi connectivity index (χ3n) is 4.49. The molecule has 0 aliphatic rings. The highest BCUT2D eigenvalue weighted by Gasteiger charge is 2.37. The molecule has 1 unspecified atom stereocenters. The van der Waals surface area contributed by atoms with Crippen LogP contribution in [-0.2, 0) is 0 Å². The quantitative estimate of drug-likeness (QED) is 0.515. The Morgan fingerprint density at radius 1 is 1.17 bits per heavy atom. The van der Waals surface area contributed by atoms with Crippen molar-refractivity contribution in [2.24, 2.45) is 5.73 Å². The first-order chi connectivity index (χ1) is 13.7. The van der Waals surface area contributed by atoms with Crippen LogP contribution < -0.4 is 22.1 Å². The number of aromatic nitrogens is 3. The monoisotopic (exact) mass is 403 g/mol. The Morgan fingerprint density at radius 3 is 2.55 bits per heavy atom. The minimum absolute atomic E-state index is 0.110. The van der Waals surface area contributed by atoms with Crippen molar-refractivity contribution in [3.63, 3.8) is 0 Å². The summed E-state index contributed by atoms with van der Waals surface area (Å²) in [5.74, 6) is -0.663. The molecule has 0 aliphatic carbocycles. The van der Waals surface area contributed by atoms with Crippen molar-refractivity contribution in [1.29, 1.82) is 0 Å². The Hall–Kier alpha value is -3.56. The Bertz CT molecular complexity index is 1060. The first-order valence-electron chi connectivity index (χ1n) is 8.69. The van der Waals surface area contributed by atoms with Crippen LogP contribution in [0.2, 0.25) is 0 Å². The molecule has 7 nitrogen and oxygen atoms in total. The lowest BCUT2D eigenvalue weighted by Crippen LogP contribution is -2.17. The minimum Gasteiger partial charge on any atom is -0.403 e. The lowest BCUT2D eigenvalue weighted by atomic mass is 10.0. The maximum absolute atomic E-state index is 13.0. The van der Waals surface area contributed by atoms with E-state index in [0.29, 0.717) is 22.6 Å². The number of fused-ring (bicyclic) bond motifs is 1. The van der Waals surface area contributed by atoms with E-state index in [0.717, 1.165) is 12.3 Å². The zero-order chi connectivity index (χ0) is 21.2. The second kappa shape index (κ2) is 7.82. The zero-order valence-electron chi connectivity index (χ0n) is 15.7. The first-order valence-corrected chi connectivity index (χ1v) is 8.69. The topological polar surface area (TPSA) is 115 Å². The van der Waals surface area contributed by atoms with Gasteiger partial charge in [-0.2, -0.15) is 13.2 Å². The van der Waals surface area contributed by atoms with Gasteiger partial charge in [0.1, 0.15) is 17.5 Å². The van der Waals surface area contributed by atoms with Gasteiger partial charge in [-0.1, -0.05) is 0 Å². The summed E-state index contributed by atoms with van der Waals surface area (Å²) < 4.78 is 38.9. The van der Waals surface area contributed by atoms with E-state index in [1.54, 1.807) is 19.2 Å². The molecule has 10 heteroatoms. The smallest absolute Gasteiger partial charge is 0.395 e. The summed E-state index contributed by atoms with van der Waals surface area (Å²) in [6, 6.07) is 6.19. The predicted octanol–water partition coefficient (Wildman–Crippen LogP) is 3.49. The van der Waals surface area contributed by atoms with Gasteiger partial charge in [-0.05, 0) is 42.1 Å². The molecule has 0 bridgehead atoms. The summed E-state index contributed by atoms with van der Waals surface area (Å²) >= 11 is 0. The number of nitrogens with one attached hydrogen (secondary N) is 2. The molecule has 0 saturated heterocycles. The van der Waals surface area contributed by atoms with Crippen LogP contribution in [0.5, 0.6) is 0 Å². The molecule has 3 aromatic rings. The van der Waals surface area contributed by atoms with E-state index < -0.39 is 12.1 Å². The molecular formula is C19H20F3N7. The summed E-state index contributed by atoms with van der Waals surface area (Å²) in [6.07, 6.45) is -0.0865. The molecule has 0 radical (unpaired) electrons. The van der Waals surface area contributed by atoms with Gasteiger partial charge < -0.3 is 22.1 Å². The maximum atomic E-state index is 13.0. The molecule has 0 saturated carbocycles. The summed E-state index contributed by atoms with van der Waals surface area (Å²) in [5, 5.41) is 7.24. The van der Waals surface area contributed by atoms with E-state index in [4.69, 9.17) is 11.5 Å². The largest absolute Gasteiger partial charge is 0.403 e. The number of rotatable bonds is 5. The van der Waals surface area contributed by atoms with E-state index in [9.17, 15) is 13.2 Å². The molecular weight excluding hydrogens is 383 g/mol. The van der Waals surface area contributed by atoms with Crippen molar-refractivity contribution >= 4 is 33.9 Å². The van der Waals surface area contributed by atoms with Crippen molar-refractivity contribution < 1.29 is 13.2 Å². The highest BCUT2D eigenvalue weighted by atomic mass is 19.4. The highest BCUT2D eigenvalue weighted by Crippen LogP contribution is 2.35. The fourth-order valence-electron chi connectivity index (χ4n) is 2.78. The molecule has 0 fully saturated rings. The molecule has 3 aromatic heterocycles. The van der Waals surface area contributed by atoms with Crippen molar-refractivity contribution in [3.05, 3.63) is 54.1 Å². The van der Waals surface area contributed by atoms with Gasteiger partial charge in [0, 0.05) is 31.0 Å². The lowest BCUT2D eigenvalue weighted by Gasteiger charge is -2.16. The second-order valence-electron chi connectivity index (χ2n) is 6.38. The van der Waals surface area contributed by atoms with Crippen LogP contribution in [0.15, 0.2) is 42.9 Å². The Morgan fingerprint density at radius 2 is 1.90 bits per heavy atom. The molecule has 29 heavy (non-hydrogen) atoms. The maximum Gasteiger partial charge on any atom is 0.395 e. The number of hydrogen-bond acceptors (Lipinski definition) is 7. The molecule has 6 N–H and O–H groups in total. The van der Waals surface area contributed by atoms with Crippen molar-refractivity contribution in [2.75, 3.05) is 18.1 Å². The zero-order valence-corrected chi connectivity index (χ0v) is 15.7. The number of halogens is 3. The molecule has 1 atom stereocenters. The van der Waals surface area contributed by atoms with Gasteiger partial charge in [0.15, 0.2) is 0 Å². The van der Waals surface area contributed by atoms with E-state index in [1.807, 2.05) is 0 Å². The van der Waals surface area contributed by atoms with Crippen LogP contribution in [0.3, 0.4) is 0 Å². The molecule has 0 amide bonds. The number of alkyl halides is 3. The Labute approximate surface area is 165 Å². The normalized spacial score (nSPS) is 13.3. The summed E-state index contributed by atoms with van der Waals surface area (Å²) in [4.78, 5) is 12.6. The second-order valence-corrected chi connectivity index (χ2v) is 6.38. The van der Waals surface area contributed by atoms with Gasteiger partial charge in [0.2, 0.25) is 0 Å². The van der Waals surface area contributed by atoms with E-state index >= 15 is 0 Å². The van der Waals surface area contributed by atoms with Gasteiger partial charge in [0.05, 0.1) is 17.3 Å². The third kappa shape index (κ3) is 4.31. The van der Waals surface area contributed by atoms with E-state index in [2.05, 4.69) is 25.6 Å². The molecule has 0 aromatic carbocycles. The fourth-order valence-corrected chi connectivity index (χ4v) is 2.78. The van der Waals surface area contributed by atoms with Gasteiger partial charge in [-0.15, -0.1) is 0 Å². The Balaban J connectivity index is 1.95. The van der Waals surface area contributed by atoms with Crippen LogP contribution in [0.25, 0.3) is 16.5 Å². The van der Waals surface area contributed by atoms with Gasteiger partial charge in [-0.3, -0.25) is 0 Å². The number of anilines is 3. The summed E-state index contributed by atoms with van der Waals surface area (Å²) in [5.41, 5.74) is 12.9. The number of nitrogen functional groups attached to an aromatic ring is 1. The van der Waals surface area contributed by atoms with Crippen molar-refractivity contribution in [3.8, 4) is 0 Å². The average Bonchev–Trinajstić information content (AvgIpc) is 2.67. The summed E-state index contributed by atoms with van der Waals surface area (Å²) in [7, 11) is 1.71. The average molecular weight is 403 g/mol. The SMILES string of the molecule is CN/C(=C\N)c1cc2cc(Nc3cc(C(C)C(F)(F)F)ccn3)ncc2c(N)n1. The lowest BCUT2D eigenvalue weighted by molar-refractivity contribution is -0.146. The van der Waals surface area contributed by atoms with Crippen LogP contribution in [0.4, 0.5) is 30.6 Å². The molecule has 3 heterocycles. The van der Waals surface area contributed by atoms with Crippen molar-refractivity contribution in [1.82, 2.24) is 20.3 Å². The first kappa shape index (κ1) is 20.2. The standard InChI is InChI=1S/C19H20F3N7/c1-10(19(20,21)22)11-3-4-26-16(6-11)29-17-7-12-5-14(15(8-23)25-2)28-18(24)13(12)9-27-17/h3-10,25H,23H2,1-2H3,(H2,24,28)(H,26,27,29)/b15-8-. The highest BCUT2D eigenvalue weighted by molar-refractivity contribution is 5.93. The number of nitrogens with zero attached hydrogens (tertiary/aromatic N) is 3. The number of pyridine rings is 3.